The molecule has 2 rings (SSSR count). The van der Waals surface area contributed by atoms with Crippen molar-refractivity contribution in [3.63, 3.8) is 0 Å². The molecule has 3 heteroatoms. The van der Waals surface area contributed by atoms with Gasteiger partial charge in [0.1, 0.15) is 0 Å². The highest BCUT2D eigenvalue weighted by Crippen LogP contribution is 2.07. The lowest BCUT2D eigenvalue weighted by Gasteiger charge is -1.94. The topological polar surface area (TPSA) is 38.7 Å². The first-order valence-electron chi connectivity index (χ1n) is 3.40. The van der Waals surface area contributed by atoms with Crippen molar-refractivity contribution >= 4 is 10.9 Å². The average molecular weight is 145 g/mol. The van der Waals surface area contributed by atoms with Crippen molar-refractivity contribution < 1.29 is 0 Å². The maximum absolute atomic E-state index is 4.14. The van der Waals surface area contributed by atoms with Gasteiger partial charge in [-0.2, -0.15) is 10.2 Å². The van der Waals surface area contributed by atoms with Crippen LogP contribution in [0.25, 0.3) is 10.9 Å². The van der Waals surface area contributed by atoms with E-state index in [4.69, 9.17) is 0 Å². The van der Waals surface area contributed by atoms with E-state index >= 15 is 0 Å². The van der Waals surface area contributed by atoms with E-state index in [-0.39, 0.29) is 0 Å². The molecule has 2 aromatic rings. The van der Waals surface area contributed by atoms with Gasteiger partial charge in [-0.25, -0.2) is 0 Å². The molecular weight excluding hydrogens is 138 g/mol. The minimum absolute atomic E-state index is 0.903. The summed E-state index contributed by atoms with van der Waals surface area (Å²) >= 11 is 0. The van der Waals surface area contributed by atoms with Gasteiger partial charge in [-0.05, 0) is 19.1 Å². The van der Waals surface area contributed by atoms with Crippen LogP contribution in [0.4, 0.5) is 0 Å². The summed E-state index contributed by atoms with van der Waals surface area (Å²) in [6.07, 6.45) is 3.47. The van der Waals surface area contributed by atoms with Crippen molar-refractivity contribution in [1.82, 2.24) is 15.2 Å². The predicted molar refractivity (Wildman–Crippen MR) is 42.1 cm³/mol. The van der Waals surface area contributed by atoms with E-state index in [9.17, 15) is 0 Å². The van der Waals surface area contributed by atoms with Crippen LogP contribution >= 0.6 is 0 Å². The van der Waals surface area contributed by atoms with Crippen molar-refractivity contribution in [2.24, 2.45) is 0 Å². The van der Waals surface area contributed by atoms with Crippen molar-refractivity contribution in [1.29, 1.82) is 0 Å². The molecule has 0 amide bonds. The molecule has 0 unspecified atom stereocenters. The number of hydrogen-bond acceptors (Lipinski definition) is 3. The maximum atomic E-state index is 4.14. The summed E-state index contributed by atoms with van der Waals surface area (Å²) in [5.74, 6) is 0. The molecule has 54 valence electrons. The minimum atomic E-state index is 0.903. The lowest BCUT2D eigenvalue weighted by Crippen LogP contribution is -1.85. The van der Waals surface area contributed by atoms with Crippen molar-refractivity contribution in [3.05, 3.63) is 30.2 Å². The third-order valence-corrected chi connectivity index (χ3v) is 1.53. The van der Waals surface area contributed by atoms with Gasteiger partial charge in [0.25, 0.3) is 0 Å². The molecule has 2 heterocycles. The van der Waals surface area contributed by atoms with Crippen LogP contribution in [0.1, 0.15) is 5.69 Å². The number of aryl methyl sites for hydroxylation is 1. The second-order valence-corrected chi connectivity index (χ2v) is 2.42. The zero-order chi connectivity index (χ0) is 7.68. The monoisotopic (exact) mass is 145 g/mol. The van der Waals surface area contributed by atoms with E-state index in [0.29, 0.717) is 0 Å². The number of rotatable bonds is 0. The molecule has 0 saturated carbocycles. The summed E-state index contributed by atoms with van der Waals surface area (Å²) in [6, 6.07) is 3.82. The minimum Gasteiger partial charge on any atom is -0.261 e. The van der Waals surface area contributed by atoms with Crippen molar-refractivity contribution in [2.45, 2.75) is 6.92 Å². The lowest BCUT2D eigenvalue weighted by atomic mass is 10.3. The highest BCUT2D eigenvalue weighted by Gasteiger charge is 1.93. The first-order valence-corrected chi connectivity index (χ1v) is 3.40. The van der Waals surface area contributed by atoms with Gasteiger partial charge in [0.15, 0.2) is 0 Å². The fourth-order valence-electron chi connectivity index (χ4n) is 0.980. The normalized spacial score (nSPS) is 10.3. The van der Waals surface area contributed by atoms with Crippen LogP contribution in [0.15, 0.2) is 24.5 Å². The van der Waals surface area contributed by atoms with Crippen LogP contribution in [0.2, 0.25) is 0 Å². The van der Waals surface area contributed by atoms with Gasteiger partial charge in [0.2, 0.25) is 0 Å². The van der Waals surface area contributed by atoms with Crippen LogP contribution in [0.5, 0.6) is 0 Å². The first-order chi connectivity index (χ1) is 5.36. The Hall–Kier alpha value is -1.51. The Morgan fingerprint density at radius 3 is 3.18 bits per heavy atom. The molecule has 0 bridgehead atoms. The molecule has 3 nitrogen and oxygen atoms in total. The number of hydrogen-bond donors (Lipinski definition) is 0. The van der Waals surface area contributed by atoms with Gasteiger partial charge in [-0.15, -0.1) is 0 Å². The van der Waals surface area contributed by atoms with E-state index in [1.54, 1.807) is 12.4 Å². The number of fused-ring (bicyclic) bond motifs is 1. The Bertz CT molecular complexity index is 384. The number of aromatic nitrogens is 3. The van der Waals surface area contributed by atoms with Crippen LogP contribution in [0.3, 0.4) is 0 Å². The van der Waals surface area contributed by atoms with E-state index in [1.807, 2.05) is 19.1 Å². The molecule has 11 heavy (non-hydrogen) atoms. The van der Waals surface area contributed by atoms with Gasteiger partial charge in [0.05, 0.1) is 11.7 Å². The number of pyridine rings is 1. The second kappa shape index (κ2) is 2.27. The Morgan fingerprint density at radius 1 is 1.36 bits per heavy atom. The van der Waals surface area contributed by atoms with E-state index in [0.717, 1.165) is 16.6 Å². The Morgan fingerprint density at radius 2 is 2.27 bits per heavy atom. The highest BCUT2D eigenvalue weighted by molar-refractivity contribution is 5.76. The molecule has 0 saturated heterocycles. The summed E-state index contributed by atoms with van der Waals surface area (Å²) in [7, 11) is 0. The summed E-state index contributed by atoms with van der Waals surface area (Å²) in [5.41, 5.74) is 1.87. The van der Waals surface area contributed by atoms with E-state index in [2.05, 4.69) is 15.2 Å². The fourth-order valence-corrected chi connectivity index (χ4v) is 0.980. The molecule has 0 aliphatic rings. The Labute approximate surface area is 64.1 Å². The Kier molecular flexibility index (Phi) is 1.28. The molecule has 0 fully saturated rings. The predicted octanol–water partition coefficient (Wildman–Crippen LogP) is 1.33. The number of nitrogens with zero attached hydrogens (tertiary/aromatic N) is 3. The zero-order valence-corrected chi connectivity index (χ0v) is 6.15. The molecule has 0 N–H and O–H groups in total. The largest absolute Gasteiger partial charge is 0.261 e. The highest BCUT2D eigenvalue weighted by atomic mass is 15.1. The third-order valence-electron chi connectivity index (χ3n) is 1.53. The zero-order valence-electron chi connectivity index (χ0n) is 6.15. The van der Waals surface area contributed by atoms with Crippen LogP contribution in [-0.2, 0) is 0 Å². The van der Waals surface area contributed by atoms with E-state index < -0.39 is 0 Å². The maximum Gasteiger partial charge on any atom is 0.0963 e. The molecule has 2 aromatic heterocycles. The molecule has 0 aromatic carbocycles. The Balaban J connectivity index is 2.83. The SMILES string of the molecule is Cc1cc2nnccc2cn1. The molecule has 0 atom stereocenters. The van der Waals surface area contributed by atoms with Gasteiger partial charge in [-0.3, -0.25) is 4.98 Å². The van der Waals surface area contributed by atoms with Gasteiger partial charge in [-0.1, -0.05) is 0 Å². The first kappa shape index (κ1) is 6.22. The molecule has 0 aliphatic carbocycles. The van der Waals surface area contributed by atoms with Crippen LogP contribution in [-0.4, -0.2) is 15.2 Å². The van der Waals surface area contributed by atoms with Gasteiger partial charge < -0.3 is 0 Å². The second-order valence-electron chi connectivity index (χ2n) is 2.42. The summed E-state index contributed by atoms with van der Waals surface area (Å²) < 4.78 is 0. The van der Waals surface area contributed by atoms with Gasteiger partial charge in [0, 0.05) is 17.3 Å². The molecule has 0 aliphatic heterocycles. The van der Waals surface area contributed by atoms with Crippen LogP contribution < -0.4 is 0 Å². The molecule has 0 radical (unpaired) electrons. The van der Waals surface area contributed by atoms with Crippen LogP contribution in [0, 0.1) is 6.92 Å². The van der Waals surface area contributed by atoms with Crippen molar-refractivity contribution in [3.8, 4) is 0 Å². The average Bonchev–Trinajstić information content (AvgIpc) is 2.04. The lowest BCUT2D eigenvalue weighted by molar-refractivity contribution is 1.07. The molecule has 0 spiro atoms. The fraction of sp³-hybridized carbons (Fsp3) is 0.125. The summed E-state index contributed by atoms with van der Waals surface area (Å²) in [6.45, 7) is 1.94. The summed E-state index contributed by atoms with van der Waals surface area (Å²) in [4.78, 5) is 4.14. The quantitative estimate of drug-likeness (QED) is 0.561. The van der Waals surface area contributed by atoms with Crippen molar-refractivity contribution in [2.75, 3.05) is 0 Å². The smallest absolute Gasteiger partial charge is 0.0963 e. The third kappa shape index (κ3) is 1.05. The van der Waals surface area contributed by atoms with Gasteiger partial charge >= 0.3 is 0 Å². The van der Waals surface area contributed by atoms with E-state index in [1.165, 1.54) is 0 Å². The molecular formula is C8H7N3. The summed E-state index contributed by atoms with van der Waals surface area (Å²) in [5, 5.41) is 8.76. The standard InChI is InChI=1S/C8H7N3/c1-6-4-8-7(5-9-6)2-3-10-11-8/h2-5H,1H3.